The van der Waals surface area contributed by atoms with Gasteiger partial charge in [0.15, 0.2) is 23.9 Å². The minimum absolute atomic E-state index is 0.127. The van der Waals surface area contributed by atoms with E-state index >= 15 is 0 Å². The maximum absolute atomic E-state index is 12.6. The summed E-state index contributed by atoms with van der Waals surface area (Å²) in [6.07, 6.45) is 0.862. The molecule has 3 aromatic rings. The zero-order chi connectivity index (χ0) is 19.7. The summed E-state index contributed by atoms with van der Waals surface area (Å²) in [6.45, 7) is -0.238. The number of hydrogen-bond donors (Lipinski definition) is 0. The monoisotopic (exact) mass is 375 g/mol. The van der Waals surface area contributed by atoms with Crippen LogP contribution in [-0.4, -0.2) is 24.4 Å². The van der Waals surface area contributed by atoms with Gasteiger partial charge in [-0.05, 0) is 40.8 Å². The zero-order valence-corrected chi connectivity index (χ0v) is 15.2. The van der Waals surface area contributed by atoms with Crippen molar-refractivity contribution in [2.45, 2.75) is 6.42 Å². The van der Waals surface area contributed by atoms with Gasteiger partial charge >= 0.3 is 0 Å². The van der Waals surface area contributed by atoms with Crippen LogP contribution in [0.2, 0.25) is 0 Å². The molecule has 0 saturated heterocycles. The van der Waals surface area contributed by atoms with Crippen molar-refractivity contribution in [2.75, 3.05) is 13.7 Å². The van der Waals surface area contributed by atoms with Crippen molar-refractivity contribution in [3.63, 3.8) is 0 Å². The molecule has 0 spiro atoms. The predicted molar refractivity (Wildman–Crippen MR) is 104 cm³/mol. The van der Waals surface area contributed by atoms with E-state index in [1.165, 1.54) is 36.4 Å². The molecule has 1 aliphatic carbocycles. The first-order chi connectivity index (χ1) is 13.6. The van der Waals surface area contributed by atoms with E-state index in [2.05, 4.69) is 12.1 Å². The summed E-state index contributed by atoms with van der Waals surface area (Å²) in [5, 5.41) is 11.0. The van der Waals surface area contributed by atoms with Crippen molar-refractivity contribution in [3.8, 4) is 22.6 Å². The van der Waals surface area contributed by atoms with Crippen LogP contribution in [0.5, 0.6) is 11.5 Å². The summed E-state index contributed by atoms with van der Waals surface area (Å²) in [5.41, 5.74) is 5.07. The van der Waals surface area contributed by atoms with Gasteiger partial charge in [0.05, 0.1) is 18.1 Å². The Hall–Kier alpha value is -3.67. The molecule has 0 amide bonds. The predicted octanol–water partition coefficient (Wildman–Crippen LogP) is 4.44. The van der Waals surface area contributed by atoms with Crippen molar-refractivity contribution in [2.24, 2.45) is 0 Å². The average Bonchev–Trinajstić information content (AvgIpc) is 3.09. The van der Waals surface area contributed by atoms with Gasteiger partial charge in [-0.2, -0.15) is 0 Å². The van der Waals surface area contributed by atoms with Gasteiger partial charge in [-0.3, -0.25) is 14.9 Å². The number of non-ortho nitro benzene ring substituents is 1. The first-order valence-electron chi connectivity index (χ1n) is 8.76. The third-order valence-electron chi connectivity index (χ3n) is 4.84. The number of fused-ring (bicyclic) bond motifs is 3. The van der Waals surface area contributed by atoms with Crippen LogP contribution in [0.25, 0.3) is 11.1 Å². The number of ether oxygens (including phenoxy) is 2. The second-order valence-corrected chi connectivity index (χ2v) is 6.51. The van der Waals surface area contributed by atoms with Gasteiger partial charge in [-0.15, -0.1) is 0 Å². The topological polar surface area (TPSA) is 78.7 Å². The number of nitrogens with zero attached hydrogens (tertiary/aromatic N) is 1. The van der Waals surface area contributed by atoms with E-state index in [0.717, 1.165) is 17.5 Å². The number of hydrogen-bond acceptors (Lipinski definition) is 5. The van der Waals surface area contributed by atoms with Crippen molar-refractivity contribution in [3.05, 3.63) is 87.5 Å². The Morgan fingerprint density at radius 3 is 2.57 bits per heavy atom. The van der Waals surface area contributed by atoms with Gasteiger partial charge in [-0.1, -0.05) is 36.4 Å². The van der Waals surface area contributed by atoms with Crippen LogP contribution in [0.3, 0.4) is 0 Å². The third-order valence-corrected chi connectivity index (χ3v) is 4.84. The summed E-state index contributed by atoms with van der Waals surface area (Å²) >= 11 is 0. The lowest BCUT2D eigenvalue weighted by atomic mass is 10.0. The minimum atomic E-state index is -0.522. The summed E-state index contributed by atoms with van der Waals surface area (Å²) in [7, 11) is 1.44. The minimum Gasteiger partial charge on any atom is -0.493 e. The van der Waals surface area contributed by atoms with Gasteiger partial charge in [0.2, 0.25) is 0 Å². The van der Waals surface area contributed by atoms with Crippen molar-refractivity contribution < 1.29 is 19.2 Å². The first-order valence-corrected chi connectivity index (χ1v) is 8.76. The molecule has 0 radical (unpaired) electrons. The normalized spacial score (nSPS) is 11.5. The fourth-order valence-corrected chi connectivity index (χ4v) is 3.42. The molecule has 6 nitrogen and oxygen atoms in total. The second-order valence-electron chi connectivity index (χ2n) is 6.51. The standard InChI is InChI=1S/C22H17NO5/c1-27-21-9-8-17(23(25)26)12-22(21)28-13-20(24)16-7-6-15-10-14-4-2-3-5-18(14)19(15)11-16/h2-9,11-12H,10,13H2,1H3. The van der Waals surface area contributed by atoms with Crippen LogP contribution in [0.1, 0.15) is 21.5 Å². The van der Waals surface area contributed by atoms with E-state index in [9.17, 15) is 14.9 Å². The van der Waals surface area contributed by atoms with E-state index in [-0.39, 0.29) is 23.8 Å². The van der Waals surface area contributed by atoms with E-state index in [4.69, 9.17) is 9.47 Å². The number of ketones is 1. The van der Waals surface area contributed by atoms with Crippen molar-refractivity contribution in [1.29, 1.82) is 0 Å². The van der Waals surface area contributed by atoms with E-state index in [0.29, 0.717) is 11.3 Å². The van der Waals surface area contributed by atoms with Crippen molar-refractivity contribution in [1.82, 2.24) is 0 Å². The number of benzene rings is 3. The lowest BCUT2D eigenvalue weighted by Crippen LogP contribution is -2.12. The molecular formula is C22H17NO5. The van der Waals surface area contributed by atoms with Crippen molar-refractivity contribution >= 4 is 11.5 Å². The molecule has 6 heteroatoms. The Kier molecular flexibility index (Phi) is 4.53. The highest BCUT2D eigenvalue weighted by Crippen LogP contribution is 2.37. The quantitative estimate of drug-likeness (QED) is 0.283. The molecule has 0 unspecified atom stereocenters. The van der Waals surface area contributed by atoms with Crippen LogP contribution in [0.15, 0.2) is 60.7 Å². The van der Waals surface area contributed by atoms with E-state index < -0.39 is 4.92 Å². The average molecular weight is 375 g/mol. The first kappa shape index (κ1) is 17.7. The Morgan fingerprint density at radius 1 is 1.00 bits per heavy atom. The number of carbonyl (C=O) groups excluding carboxylic acids is 1. The maximum Gasteiger partial charge on any atom is 0.273 e. The SMILES string of the molecule is COc1ccc([N+](=O)[O-])cc1OCC(=O)c1ccc2c(c1)-c1ccccc1C2. The molecule has 140 valence electrons. The van der Waals surface area contributed by atoms with E-state index in [1.807, 2.05) is 24.3 Å². The molecule has 4 rings (SSSR count). The highest BCUT2D eigenvalue weighted by Gasteiger charge is 2.20. The summed E-state index contributed by atoms with van der Waals surface area (Å²) in [4.78, 5) is 23.1. The smallest absolute Gasteiger partial charge is 0.273 e. The number of rotatable bonds is 6. The van der Waals surface area contributed by atoms with Gasteiger partial charge in [0.25, 0.3) is 5.69 Å². The Bertz CT molecular complexity index is 1090. The molecule has 0 bridgehead atoms. The molecule has 0 atom stereocenters. The fraction of sp³-hybridized carbons (Fsp3) is 0.136. The van der Waals surface area contributed by atoms with Crippen LogP contribution in [-0.2, 0) is 6.42 Å². The molecule has 0 heterocycles. The molecule has 1 aliphatic rings. The number of nitro groups is 1. The largest absolute Gasteiger partial charge is 0.493 e. The third kappa shape index (κ3) is 3.20. The van der Waals surface area contributed by atoms with Crippen LogP contribution >= 0.6 is 0 Å². The summed E-state index contributed by atoms with van der Waals surface area (Å²) in [5.74, 6) is 0.290. The maximum atomic E-state index is 12.6. The van der Waals surface area contributed by atoms with Crippen LogP contribution in [0.4, 0.5) is 5.69 Å². The lowest BCUT2D eigenvalue weighted by Gasteiger charge is -2.10. The van der Waals surface area contributed by atoms with Gasteiger partial charge in [0, 0.05) is 11.6 Å². The molecule has 0 saturated carbocycles. The molecule has 0 fully saturated rings. The number of Topliss-reactive ketones (excluding diaryl/α,β-unsaturated/α-hetero) is 1. The molecule has 0 aromatic heterocycles. The molecule has 0 N–H and O–H groups in total. The lowest BCUT2D eigenvalue weighted by molar-refractivity contribution is -0.385. The number of carbonyl (C=O) groups is 1. The van der Waals surface area contributed by atoms with Gasteiger partial charge in [-0.25, -0.2) is 0 Å². The highest BCUT2D eigenvalue weighted by atomic mass is 16.6. The molecule has 0 aliphatic heterocycles. The molecule has 28 heavy (non-hydrogen) atoms. The number of nitro benzene ring substituents is 1. The van der Waals surface area contributed by atoms with Gasteiger partial charge in [0.1, 0.15) is 0 Å². The molecular weight excluding hydrogens is 358 g/mol. The van der Waals surface area contributed by atoms with Crippen LogP contribution in [0, 0.1) is 10.1 Å². The summed E-state index contributed by atoms with van der Waals surface area (Å²) < 4.78 is 10.7. The zero-order valence-electron chi connectivity index (χ0n) is 15.2. The Balaban J connectivity index is 1.55. The fourth-order valence-electron chi connectivity index (χ4n) is 3.42. The Labute approximate surface area is 161 Å². The van der Waals surface area contributed by atoms with E-state index in [1.54, 1.807) is 6.07 Å². The number of methoxy groups -OCH3 is 1. The van der Waals surface area contributed by atoms with Crippen LogP contribution < -0.4 is 9.47 Å². The summed E-state index contributed by atoms with van der Waals surface area (Å²) in [6, 6.07) is 17.8. The molecule has 3 aromatic carbocycles. The van der Waals surface area contributed by atoms with Gasteiger partial charge < -0.3 is 9.47 Å². The Morgan fingerprint density at radius 2 is 1.79 bits per heavy atom. The highest BCUT2D eigenvalue weighted by molar-refractivity contribution is 5.99. The second kappa shape index (κ2) is 7.15.